The van der Waals surface area contributed by atoms with Crippen LogP contribution in [0.3, 0.4) is 0 Å². The number of halogens is 1. The van der Waals surface area contributed by atoms with Gasteiger partial charge in [0.2, 0.25) is 0 Å². The number of aliphatic carboxylic acids is 1. The first kappa shape index (κ1) is 10.7. The fourth-order valence-electron chi connectivity index (χ4n) is 0.438. The molecule has 0 aromatic heterocycles. The summed E-state index contributed by atoms with van der Waals surface area (Å²) in [6.07, 6.45) is 0.469. The molecule has 0 aromatic rings. The normalized spacial score (nSPS) is 12.9. The van der Waals surface area contributed by atoms with Crippen molar-refractivity contribution in [2.24, 2.45) is 5.73 Å². The summed E-state index contributed by atoms with van der Waals surface area (Å²) in [6, 6.07) is -0.820. The number of carboxylic acids is 1. The zero-order valence-corrected chi connectivity index (χ0v) is 6.94. The Labute approximate surface area is 69.1 Å². The van der Waals surface area contributed by atoms with Crippen molar-refractivity contribution < 1.29 is 14.3 Å². The van der Waals surface area contributed by atoms with Crippen molar-refractivity contribution in [3.05, 3.63) is 0 Å². The molecule has 0 amide bonds. The van der Waals surface area contributed by atoms with E-state index in [4.69, 9.17) is 10.8 Å². The van der Waals surface area contributed by atoms with Crippen LogP contribution in [0.25, 0.3) is 0 Å². The van der Waals surface area contributed by atoms with Gasteiger partial charge in [-0.3, -0.25) is 9.18 Å². The summed E-state index contributed by atoms with van der Waals surface area (Å²) in [7, 11) is 0. The first-order valence-corrected chi connectivity index (χ1v) is 4.46. The van der Waals surface area contributed by atoms with Crippen LogP contribution < -0.4 is 5.73 Å². The lowest BCUT2D eigenvalue weighted by Crippen LogP contribution is -2.32. The van der Waals surface area contributed by atoms with Crippen molar-refractivity contribution in [1.82, 2.24) is 0 Å². The summed E-state index contributed by atoms with van der Waals surface area (Å²) in [5, 5.41) is 8.33. The van der Waals surface area contributed by atoms with Crippen LogP contribution in [0.2, 0.25) is 0 Å². The molecule has 0 aliphatic carbocycles. The molecule has 0 saturated carbocycles. The number of rotatable bonds is 6. The third-order valence-corrected chi connectivity index (χ3v) is 2.21. The van der Waals surface area contributed by atoms with Crippen molar-refractivity contribution in [2.75, 3.05) is 18.2 Å². The number of carbonyl (C=O) groups is 1. The van der Waals surface area contributed by atoms with Crippen LogP contribution in [0.4, 0.5) is 4.39 Å². The number of thioether (sulfide) groups is 1. The second-order valence-corrected chi connectivity index (χ2v) is 3.21. The van der Waals surface area contributed by atoms with Gasteiger partial charge >= 0.3 is 5.97 Å². The highest BCUT2D eigenvalue weighted by Crippen LogP contribution is 2.03. The van der Waals surface area contributed by atoms with Crippen LogP contribution in [0.1, 0.15) is 6.42 Å². The lowest BCUT2D eigenvalue weighted by molar-refractivity contribution is -0.137. The highest BCUT2D eigenvalue weighted by atomic mass is 32.2. The Hall–Kier alpha value is -0.290. The van der Waals surface area contributed by atoms with Gasteiger partial charge in [-0.25, -0.2) is 0 Å². The lowest BCUT2D eigenvalue weighted by Gasteiger charge is -2.03. The van der Waals surface area contributed by atoms with Crippen LogP contribution in [-0.2, 0) is 4.79 Å². The Balaban J connectivity index is 3.17. The maximum absolute atomic E-state index is 11.5. The third-order valence-electron chi connectivity index (χ3n) is 1.04. The average Bonchev–Trinajstić information content (AvgIpc) is 1.97. The molecular formula is C6H12FNO2S. The summed E-state index contributed by atoms with van der Waals surface area (Å²) in [5.41, 5.74) is 5.18. The van der Waals surface area contributed by atoms with E-state index < -0.39 is 12.0 Å². The minimum atomic E-state index is -1.00. The second-order valence-electron chi connectivity index (χ2n) is 2.06. The Morgan fingerprint density at radius 1 is 1.73 bits per heavy atom. The van der Waals surface area contributed by atoms with Crippen LogP contribution >= 0.6 is 11.8 Å². The van der Waals surface area contributed by atoms with Gasteiger partial charge in [-0.1, -0.05) is 0 Å². The minimum absolute atomic E-state index is 0.352. The summed E-state index contributed by atoms with van der Waals surface area (Å²) < 4.78 is 11.5. The molecule has 0 spiro atoms. The van der Waals surface area contributed by atoms with Gasteiger partial charge in [-0.2, -0.15) is 11.8 Å². The maximum atomic E-state index is 11.5. The van der Waals surface area contributed by atoms with Crippen LogP contribution in [0.5, 0.6) is 0 Å². The largest absolute Gasteiger partial charge is 0.480 e. The molecular weight excluding hydrogens is 169 g/mol. The van der Waals surface area contributed by atoms with Gasteiger partial charge in [0.1, 0.15) is 6.04 Å². The van der Waals surface area contributed by atoms with Gasteiger partial charge in [0.15, 0.2) is 0 Å². The van der Waals surface area contributed by atoms with Gasteiger partial charge < -0.3 is 10.8 Å². The van der Waals surface area contributed by atoms with E-state index in [2.05, 4.69) is 0 Å². The molecule has 0 radical (unpaired) electrons. The van der Waals surface area contributed by atoms with Gasteiger partial charge in [0, 0.05) is 5.75 Å². The maximum Gasteiger partial charge on any atom is 0.321 e. The molecule has 11 heavy (non-hydrogen) atoms. The lowest BCUT2D eigenvalue weighted by atomic mass is 10.4. The second kappa shape index (κ2) is 6.42. The predicted molar refractivity (Wildman–Crippen MR) is 43.5 cm³/mol. The molecule has 0 heterocycles. The first-order valence-electron chi connectivity index (χ1n) is 3.30. The van der Waals surface area contributed by atoms with Crippen molar-refractivity contribution in [2.45, 2.75) is 12.5 Å². The number of nitrogens with two attached hydrogens (primary N) is 1. The predicted octanol–water partition coefficient (Wildman–Crippen LogP) is 0.491. The van der Waals surface area contributed by atoms with Gasteiger partial charge in [-0.05, 0) is 12.2 Å². The summed E-state index contributed by atoms with van der Waals surface area (Å²) in [4.78, 5) is 10.2. The monoisotopic (exact) mass is 181 g/mol. The van der Waals surface area contributed by atoms with Crippen LogP contribution in [-0.4, -0.2) is 35.3 Å². The van der Waals surface area contributed by atoms with E-state index in [1.807, 2.05) is 0 Å². The van der Waals surface area contributed by atoms with E-state index in [-0.39, 0.29) is 6.67 Å². The van der Waals surface area contributed by atoms with E-state index in [1.54, 1.807) is 0 Å². The summed E-state index contributed by atoms with van der Waals surface area (Å²) in [5.74, 6) is -0.00921. The number of hydrogen-bond acceptors (Lipinski definition) is 3. The van der Waals surface area contributed by atoms with E-state index in [0.29, 0.717) is 17.9 Å². The Bertz CT molecular complexity index is 123. The standard InChI is InChI=1S/C6H12FNO2S/c7-2-1-3-11-4-5(8)6(9)10/h5H,1-4,8H2,(H,9,10). The van der Waals surface area contributed by atoms with E-state index >= 15 is 0 Å². The van der Waals surface area contributed by atoms with Gasteiger partial charge in [0.05, 0.1) is 6.67 Å². The molecule has 0 bridgehead atoms. The first-order chi connectivity index (χ1) is 5.18. The fraction of sp³-hybridized carbons (Fsp3) is 0.833. The Morgan fingerprint density at radius 2 is 2.36 bits per heavy atom. The van der Waals surface area contributed by atoms with E-state index in [9.17, 15) is 9.18 Å². The Morgan fingerprint density at radius 3 is 2.82 bits per heavy atom. The van der Waals surface area contributed by atoms with Crippen molar-refractivity contribution in [3.63, 3.8) is 0 Å². The molecule has 0 aromatic carbocycles. The molecule has 3 N–H and O–H groups in total. The number of alkyl halides is 1. The van der Waals surface area contributed by atoms with Crippen LogP contribution in [0.15, 0.2) is 0 Å². The fourth-order valence-corrected chi connectivity index (χ4v) is 1.31. The van der Waals surface area contributed by atoms with E-state index in [1.165, 1.54) is 11.8 Å². The van der Waals surface area contributed by atoms with Crippen molar-refractivity contribution in [3.8, 4) is 0 Å². The number of carboxylic acid groups (broad SMARTS) is 1. The molecule has 1 unspecified atom stereocenters. The SMILES string of the molecule is NC(CSCCCF)C(=O)O. The molecule has 0 aliphatic heterocycles. The molecule has 3 nitrogen and oxygen atoms in total. The zero-order chi connectivity index (χ0) is 8.69. The molecule has 1 atom stereocenters. The van der Waals surface area contributed by atoms with Crippen molar-refractivity contribution in [1.29, 1.82) is 0 Å². The van der Waals surface area contributed by atoms with Crippen molar-refractivity contribution >= 4 is 17.7 Å². The average molecular weight is 181 g/mol. The quantitative estimate of drug-likeness (QED) is 0.585. The highest BCUT2D eigenvalue weighted by molar-refractivity contribution is 7.99. The van der Waals surface area contributed by atoms with Gasteiger partial charge in [-0.15, -0.1) is 0 Å². The molecule has 0 fully saturated rings. The zero-order valence-electron chi connectivity index (χ0n) is 6.12. The smallest absolute Gasteiger partial charge is 0.321 e. The van der Waals surface area contributed by atoms with Gasteiger partial charge in [0.25, 0.3) is 0 Å². The minimum Gasteiger partial charge on any atom is -0.480 e. The molecule has 0 aliphatic rings. The highest BCUT2D eigenvalue weighted by Gasteiger charge is 2.09. The summed E-state index contributed by atoms with van der Waals surface area (Å²) in [6.45, 7) is -0.352. The number of hydrogen-bond donors (Lipinski definition) is 2. The molecule has 5 heteroatoms. The third kappa shape index (κ3) is 6.12. The molecule has 0 rings (SSSR count). The summed E-state index contributed by atoms with van der Waals surface area (Å²) >= 11 is 1.37. The molecule has 0 saturated heterocycles. The van der Waals surface area contributed by atoms with E-state index in [0.717, 1.165) is 0 Å². The molecule has 66 valence electrons. The van der Waals surface area contributed by atoms with Crippen LogP contribution in [0, 0.1) is 0 Å². The topological polar surface area (TPSA) is 63.3 Å². The Kier molecular flexibility index (Phi) is 6.25.